The van der Waals surface area contributed by atoms with E-state index in [0.717, 1.165) is 17.3 Å². The van der Waals surface area contributed by atoms with E-state index in [0.29, 0.717) is 0 Å². The zero-order valence-corrected chi connectivity index (χ0v) is 7.15. The summed E-state index contributed by atoms with van der Waals surface area (Å²) >= 11 is 1.77. The molecule has 11 heavy (non-hydrogen) atoms. The van der Waals surface area contributed by atoms with Crippen LogP contribution < -0.4 is 5.56 Å². The van der Waals surface area contributed by atoms with E-state index in [9.17, 15) is 4.79 Å². The molecule has 0 saturated carbocycles. The van der Waals surface area contributed by atoms with Crippen LogP contribution in [0.25, 0.3) is 0 Å². The van der Waals surface area contributed by atoms with Crippen molar-refractivity contribution in [3.8, 4) is 0 Å². The van der Waals surface area contributed by atoms with Crippen molar-refractivity contribution in [3.63, 3.8) is 0 Å². The van der Waals surface area contributed by atoms with Crippen molar-refractivity contribution >= 4 is 11.8 Å². The Morgan fingerprint density at radius 2 is 2.36 bits per heavy atom. The second-order valence-electron chi connectivity index (χ2n) is 2.66. The summed E-state index contributed by atoms with van der Waals surface area (Å²) in [5, 5.41) is 1.15. The van der Waals surface area contributed by atoms with Crippen LogP contribution in [0.5, 0.6) is 0 Å². The molecule has 0 radical (unpaired) electrons. The Hall–Kier alpha value is -0.700. The Labute approximate surface area is 69.2 Å². The highest BCUT2D eigenvalue weighted by Gasteiger charge is 2.13. The van der Waals surface area contributed by atoms with Gasteiger partial charge in [0.25, 0.3) is 5.56 Å². The second kappa shape index (κ2) is 2.41. The maximum atomic E-state index is 11.2. The largest absolute Gasteiger partial charge is 0.302 e. The van der Waals surface area contributed by atoms with Gasteiger partial charge in [0.05, 0.1) is 5.03 Å². The number of hydrogen-bond donors (Lipinski definition) is 0. The number of aryl methyl sites for hydroxylation is 1. The summed E-state index contributed by atoms with van der Waals surface area (Å²) < 4.78 is 1.85. The topological polar surface area (TPSA) is 22.0 Å². The van der Waals surface area contributed by atoms with Crippen LogP contribution in [0.4, 0.5) is 0 Å². The standard InChI is InChI=1S/C8H9NOS/c1-6-2-3-7(10)9-4-5-11-8(6)9/h2-3H,4-5H2,1H3. The molecule has 2 rings (SSSR count). The van der Waals surface area contributed by atoms with Gasteiger partial charge < -0.3 is 4.57 Å². The third-order valence-electron chi connectivity index (χ3n) is 1.88. The van der Waals surface area contributed by atoms with E-state index in [1.807, 2.05) is 17.6 Å². The first kappa shape index (κ1) is 6.98. The van der Waals surface area contributed by atoms with Crippen LogP contribution in [0, 0.1) is 6.92 Å². The number of rotatable bonds is 0. The molecule has 2 heterocycles. The fraction of sp³-hybridized carbons (Fsp3) is 0.375. The quantitative estimate of drug-likeness (QED) is 0.580. The molecular formula is C8H9NOS. The van der Waals surface area contributed by atoms with E-state index in [4.69, 9.17) is 0 Å². The van der Waals surface area contributed by atoms with Gasteiger partial charge in [-0.25, -0.2) is 0 Å². The maximum absolute atomic E-state index is 11.2. The van der Waals surface area contributed by atoms with Gasteiger partial charge in [0, 0.05) is 18.4 Å². The van der Waals surface area contributed by atoms with Crippen molar-refractivity contribution in [3.05, 3.63) is 28.0 Å². The van der Waals surface area contributed by atoms with Crippen LogP contribution >= 0.6 is 11.8 Å². The normalized spacial score (nSPS) is 15.0. The Bertz CT molecular complexity index is 342. The lowest BCUT2D eigenvalue weighted by molar-refractivity contribution is 0.685. The summed E-state index contributed by atoms with van der Waals surface area (Å²) in [5.41, 5.74) is 1.35. The molecule has 1 aliphatic heterocycles. The van der Waals surface area contributed by atoms with E-state index in [1.165, 1.54) is 5.56 Å². The summed E-state index contributed by atoms with van der Waals surface area (Å²) in [4.78, 5) is 11.2. The molecule has 0 fully saturated rings. The average molecular weight is 167 g/mol. The molecule has 3 heteroatoms. The minimum Gasteiger partial charge on any atom is -0.302 e. The van der Waals surface area contributed by atoms with E-state index in [1.54, 1.807) is 17.8 Å². The van der Waals surface area contributed by atoms with Crippen LogP contribution in [-0.2, 0) is 6.54 Å². The molecule has 0 unspecified atom stereocenters. The first-order valence-electron chi connectivity index (χ1n) is 3.62. The molecule has 0 aromatic carbocycles. The highest BCUT2D eigenvalue weighted by Crippen LogP contribution is 2.25. The van der Waals surface area contributed by atoms with Gasteiger partial charge in [-0.2, -0.15) is 0 Å². The smallest absolute Gasteiger partial charge is 0.251 e. The summed E-state index contributed by atoms with van der Waals surface area (Å²) in [7, 11) is 0. The molecule has 58 valence electrons. The van der Waals surface area contributed by atoms with Crippen molar-refractivity contribution in [1.29, 1.82) is 0 Å². The highest BCUT2D eigenvalue weighted by atomic mass is 32.2. The Morgan fingerprint density at radius 3 is 3.09 bits per heavy atom. The number of thioether (sulfide) groups is 1. The van der Waals surface area contributed by atoms with E-state index >= 15 is 0 Å². The number of fused-ring (bicyclic) bond motifs is 1. The third-order valence-corrected chi connectivity index (χ3v) is 3.08. The molecule has 1 aliphatic rings. The maximum Gasteiger partial charge on any atom is 0.251 e. The molecule has 1 aromatic rings. The van der Waals surface area contributed by atoms with Crippen molar-refractivity contribution in [2.24, 2.45) is 0 Å². The summed E-state index contributed by atoms with van der Waals surface area (Å²) in [6.45, 7) is 2.92. The fourth-order valence-corrected chi connectivity index (χ4v) is 2.41. The zero-order valence-electron chi connectivity index (χ0n) is 6.33. The van der Waals surface area contributed by atoms with Crippen LogP contribution in [-0.4, -0.2) is 10.3 Å². The minimum atomic E-state index is 0.135. The van der Waals surface area contributed by atoms with Crippen LogP contribution in [0.1, 0.15) is 5.56 Å². The Morgan fingerprint density at radius 1 is 1.55 bits per heavy atom. The highest BCUT2D eigenvalue weighted by molar-refractivity contribution is 7.99. The average Bonchev–Trinajstić information content (AvgIpc) is 2.45. The lowest BCUT2D eigenvalue weighted by atomic mass is 10.3. The van der Waals surface area contributed by atoms with Crippen molar-refractivity contribution in [1.82, 2.24) is 4.57 Å². The van der Waals surface area contributed by atoms with Gasteiger partial charge in [0.2, 0.25) is 0 Å². The molecule has 0 spiro atoms. The Kier molecular flexibility index (Phi) is 1.53. The molecule has 0 aliphatic carbocycles. The second-order valence-corrected chi connectivity index (χ2v) is 3.74. The Balaban J connectivity index is 2.74. The number of nitrogens with zero attached hydrogens (tertiary/aromatic N) is 1. The van der Waals surface area contributed by atoms with E-state index < -0.39 is 0 Å². The van der Waals surface area contributed by atoms with Gasteiger partial charge in [-0.15, -0.1) is 11.8 Å². The van der Waals surface area contributed by atoms with Crippen molar-refractivity contribution in [2.45, 2.75) is 18.5 Å². The number of hydrogen-bond acceptors (Lipinski definition) is 2. The number of aromatic nitrogens is 1. The molecule has 0 saturated heterocycles. The fourth-order valence-electron chi connectivity index (χ4n) is 1.31. The van der Waals surface area contributed by atoms with Crippen LogP contribution in [0.2, 0.25) is 0 Å². The SMILES string of the molecule is Cc1ccc(=O)n2c1SCC2. The first-order chi connectivity index (χ1) is 5.29. The summed E-state index contributed by atoms with van der Waals surface area (Å²) in [6, 6.07) is 3.54. The van der Waals surface area contributed by atoms with Crippen LogP contribution in [0.3, 0.4) is 0 Å². The molecule has 0 amide bonds. The molecule has 0 N–H and O–H groups in total. The third kappa shape index (κ3) is 0.997. The molecule has 0 bridgehead atoms. The van der Waals surface area contributed by atoms with Gasteiger partial charge >= 0.3 is 0 Å². The first-order valence-corrected chi connectivity index (χ1v) is 4.61. The van der Waals surface area contributed by atoms with Gasteiger partial charge in [-0.05, 0) is 12.5 Å². The summed E-state index contributed by atoms with van der Waals surface area (Å²) in [5.74, 6) is 1.04. The monoisotopic (exact) mass is 167 g/mol. The molecule has 1 aromatic heterocycles. The predicted molar refractivity (Wildman–Crippen MR) is 46.2 cm³/mol. The molecule has 2 nitrogen and oxygen atoms in total. The predicted octanol–water partition coefficient (Wildman–Crippen LogP) is 1.26. The summed E-state index contributed by atoms with van der Waals surface area (Å²) in [6.07, 6.45) is 0. The van der Waals surface area contributed by atoms with Gasteiger partial charge in [-0.3, -0.25) is 4.79 Å². The zero-order chi connectivity index (χ0) is 7.84. The number of pyridine rings is 1. The van der Waals surface area contributed by atoms with Crippen molar-refractivity contribution in [2.75, 3.05) is 5.75 Å². The lowest BCUT2D eigenvalue weighted by Crippen LogP contribution is -2.17. The van der Waals surface area contributed by atoms with Gasteiger partial charge in [0.15, 0.2) is 0 Å². The van der Waals surface area contributed by atoms with Crippen LogP contribution in [0.15, 0.2) is 22.0 Å². The van der Waals surface area contributed by atoms with Gasteiger partial charge in [0.1, 0.15) is 0 Å². The molecule has 0 atom stereocenters. The van der Waals surface area contributed by atoms with Gasteiger partial charge in [-0.1, -0.05) is 6.07 Å². The minimum absolute atomic E-state index is 0.135. The van der Waals surface area contributed by atoms with Crippen molar-refractivity contribution < 1.29 is 0 Å². The van der Waals surface area contributed by atoms with E-state index in [-0.39, 0.29) is 5.56 Å². The molecular weight excluding hydrogens is 158 g/mol. The lowest BCUT2D eigenvalue weighted by Gasteiger charge is -2.02. The van der Waals surface area contributed by atoms with E-state index in [2.05, 4.69) is 0 Å².